The fourth-order valence-corrected chi connectivity index (χ4v) is 11.1. The molecule has 0 aromatic carbocycles. The van der Waals surface area contributed by atoms with Gasteiger partial charge in [-0.1, -0.05) is 288 Å². The van der Waals surface area contributed by atoms with Gasteiger partial charge in [-0.15, -0.1) is 0 Å². The Balaban J connectivity index is 5.01. The van der Waals surface area contributed by atoms with Crippen LogP contribution in [0.4, 0.5) is 0 Å². The standard InChI is InChI=1S/C71H135N2O7P/c1-7-10-13-16-19-22-25-27-29-31-33-34-35-36-37-38-40-42-44-46-49-52-55-58-61-64-71(75)80-69(62-59-56-53-50-47-24-21-18-15-12-9-3)68(67-79-81(76,77)78-66-65-73(4,5)6)72-70(74)63-60-57-54-51-48-45-43-41-39-32-30-28-26-23-20-17-14-11-8-2/h19,22,27-30,59,62,68-69H,7-18,20-21,23-26,31-58,60-61,63-67H2,1-6H3,(H-,72,74,76,77)/p+1/b22-19-,29-27-,30-28+,62-59-. The van der Waals surface area contributed by atoms with Crippen LogP contribution in [0.5, 0.6) is 0 Å². The van der Waals surface area contributed by atoms with Crippen molar-refractivity contribution in [3.8, 4) is 0 Å². The van der Waals surface area contributed by atoms with Crippen LogP contribution in [0.2, 0.25) is 0 Å². The Morgan fingerprint density at radius 2 is 0.753 bits per heavy atom. The van der Waals surface area contributed by atoms with Gasteiger partial charge in [0.15, 0.2) is 0 Å². The number of hydrogen-bond donors (Lipinski definition) is 2. The number of amides is 1. The van der Waals surface area contributed by atoms with Gasteiger partial charge in [-0.3, -0.25) is 18.6 Å². The molecule has 0 heterocycles. The lowest BCUT2D eigenvalue weighted by Crippen LogP contribution is -2.47. The maximum Gasteiger partial charge on any atom is 0.472 e. The summed E-state index contributed by atoms with van der Waals surface area (Å²) in [7, 11) is 1.51. The number of rotatable bonds is 64. The average Bonchev–Trinajstić information content (AvgIpc) is 3.43. The van der Waals surface area contributed by atoms with Crippen molar-refractivity contribution in [2.24, 2.45) is 0 Å². The van der Waals surface area contributed by atoms with Crippen molar-refractivity contribution < 1.29 is 37.3 Å². The van der Waals surface area contributed by atoms with E-state index >= 15 is 0 Å². The number of esters is 1. The van der Waals surface area contributed by atoms with Crippen molar-refractivity contribution in [2.75, 3.05) is 40.9 Å². The van der Waals surface area contributed by atoms with Crippen LogP contribution >= 0.6 is 7.82 Å². The predicted molar refractivity (Wildman–Crippen MR) is 351 cm³/mol. The van der Waals surface area contributed by atoms with E-state index in [0.717, 1.165) is 64.2 Å². The Hall–Kier alpha value is -2.03. The second-order valence-corrected chi connectivity index (χ2v) is 26.5. The van der Waals surface area contributed by atoms with E-state index in [1.54, 1.807) is 0 Å². The summed E-state index contributed by atoms with van der Waals surface area (Å²) in [4.78, 5) is 37.8. The summed E-state index contributed by atoms with van der Waals surface area (Å²) >= 11 is 0. The fourth-order valence-electron chi connectivity index (χ4n) is 10.3. The number of hydrogen-bond acceptors (Lipinski definition) is 6. The van der Waals surface area contributed by atoms with Crippen LogP contribution in [0.15, 0.2) is 48.6 Å². The molecule has 0 fully saturated rings. The maximum atomic E-state index is 13.6. The molecule has 10 heteroatoms. The topological polar surface area (TPSA) is 111 Å². The first-order valence-corrected chi connectivity index (χ1v) is 36.5. The zero-order chi connectivity index (χ0) is 59.3. The number of carbonyl (C=O) groups is 2. The van der Waals surface area contributed by atoms with Crippen LogP contribution in [0.25, 0.3) is 0 Å². The number of phosphoric ester groups is 1. The SMILES string of the molecule is CCCCC/C=C\C/C=C\CCCCCCCCCCCCCCCCCC(=O)OC(/C=C\CCCCCCCCCCC)C(COP(=O)(O)OCC[N+](C)(C)C)NC(=O)CCCCCCCCCCC/C=C/CCCCCCCC. The van der Waals surface area contributed by atoms with E-state index in [4.69, 9.17) is 13.8 Å². The van der Waals surface area contributed by atoms with Gasteiger partial charge in [0.25, 0.3) is 0 Å². The van der Waals surface area contributed by atoms with Gasteiger partial charge in [0.1, 0.15) is 19.3 Å². The Bertz CT molecular complexity index is 1520. The van der Waals surface area contributed by atoms with E-state index in [1.807, 2.05) is 33.3 Å². The van der Waals surface area contributed by atoms with E-state index in [9.17, 15) is 19.0 Å². The van der Waals surface area contributed by atoms with Crippen LogP contribution in [0, 0.1) is 0 Å². The summed E-state index contributed by atoms with van der Waals surface area (Å²) in [6, 6.07) is -0.848. The summed E-state index contributed by atoms with van der Waals surface area (Å²) in [6.45, 7) is 7.02. The molecule has 0 aliphatic carbocycles. The van der Waals surface area contributed by atoms with Gasteiger partial charge in [-0.05, 0) is 89.5 Å². The first-order chi connectivity index (χ1) is 39.4. The highest BCUT2D eigenvalue weighted by Gasteiger charge is 2.30. The van der Waals surface area contributed by atoms with Gasteiger partial charge < -0.3 is 19.4 Å². The zero-order valence-corrected chi connectivity index (χ0v) is 55.4. The largest absolute Gasteiger partial charge is 0.472 e. The summed E-state index contributed by atoms with van der Waals surface area (Å²) in [6.07, 6.45) is 76.9. The van der Waals surface area contributed by atoms with E-state index in [1.165, 1.54) is 244 Å². The lowest BCUT2D eigenvalue weighted by Gasteiger charge is -2.27. The molecule has 0 radical (unpaired) electrons. The van der Waals surface area contributed by atoms with Crippen LogP contribution in [0.1, 0.15) is 342 Å². The number of ether oxygens (including phenoxy) is 1. The number of phosphoric acid groups is 1. The molecular weight excluding hydrogens is 1020 g/mol. The van der Waals surface area contributed by atoms with Gasteiger partial charge in [-0.25, -0.2) is 4.57 Å². The average molecular weight is 1160 g/mol. The normalized spacial score (nSPS) is 13.8. The quantitative estimate of drug-likeness (QED) is 0.0205. The molecule has 9 nitrogen and oxygen atoms in total. The Morgan fingerprint density at radius 3 is 1.15 bits per heavy atom. The Kier molecular flexibility index (Phi) is 59.5. The van der Waals surface area contributed by atoms with Gasteiger partial charge in [0, 0.05) is 12.8 Å². The number of likely N-dealkylation sites (N-methyl/N-ethyl adjacent to an activating group) is 1. The predicted octanol–water partition coefficient (Wildman–Crippen LogP) is 22.0. The minimum Gasteiger partial charge on any atom is -0.456 e. The molecule has 0 aromatic heterocycles. The van der Waals surface area contributed by atoms with Crippen molar-refractivity contribution in [3.05, 3.63) is 48.6 Å². The number of nitrogens with zero attached hydrogens (tertiary/aromatic N) is 1. The lowest BCUT2D eigenvalue weighted by molar-refractivity contribution is -0.870. The van der Waals surface area contributed by atoms with E-state index < -0.39 is 20.0 Å². The second kappa shape index (κ2) is 61.1. The molecule has 0 saturated heterocycles. The van der Waals surface area contributed by atoms with Crippen molar-refractivity contribution in [1.29, 1.82) is 0 Å². The number of nitrogens with one attached hydrogen (secondary N) is 1. The molecule has 0 rings (SSSR count). The van der Waals surface area contributed by atoms with Crippen molar-refractivity contribution in [3.63, 3.8) is 0 Å². The van der Waals surface area contributed by atoms with Crippen LogP contribution in [-0.2, 0) is 27.9 Å². The molecule has 0 spiro atoms. The molecule has 0 saturated carbocycles. The number of allylic oxidation sites excluding steroid dienone is 7. The smallest absolute Gasteiger partial charge is 0.456 e. The monoisotopic (exact) mass is 1160 g/mol. The summed E-state index contributed by atoms with van der Waals surface area (Å²) in [5, 5.41) is 3.07. The molecular formula is C71H136N2O7P+. The summed E-state index contributed by atoms with van der Waals surface area (Å²) < 4.78 is 30.8. The van der Waals surface area contributed by atoms with Gasteiger partial charge in [0.05, 0.1) is 33.8 Å². The fraction of sp³-hybridized carbons (Fsp3) is 0.859. The third-order valence-electron chi connectivity index (χ3n) is 15.7. The minimum absolute atomic E-state index is 0.0412. The molecule has 3 atom stereocenters. The number of quaternary nitrogens is 1. The maximum absolute atomic E-state index is 13.6. The third-order valence-corrected chi connectivity index (χ3v) is 16.7. The first-order valence-electron chi connectivity index (χ1n) is 35.0. The first kappa shape index (κ1) is 79.0. The second-order valence-electron chi connectivity index (χ2n) is 25.0. The highest BCUT2D eigenvalue weighted by molar-refractivity contribution is 7.47. The molecule has 1 amide bonds. The van der Waals surface area contributed by atoms with Crippen molar-refractivity contribution in [2.45, 2.75) is 354 Å². The molecule has 0 aliphatic heterocycles. The van der Waals surface area contributed by atoms with Crippen LogP contribution in [0.3, 0.4) is 0 Å². The van der Waals surface area contributed by atoms with E-state index in [0.29, 0.717) is 23.9 Å². The Morgan fingerprint density at radius 1 is 0.432 bits per heavy atom. The lowest BCUT2D eigenvalue weighted by atomic mass is 10.0. The Labute approximate surface area is 503 Å². The number of carbonyl (C=O) groups excluding carboxylic acids is 2. The molecule has 0 aromatic rings. The van der Waals surface area contributed by atoms with Crippen molar-refractivity contribution >= 4 is 19.7 Å². The zero-order valence-electron chi connectivity index (χ0n) is 54.5. The molecule has 0 aliphatic rings. The molecule has 476 valence electrons. The van der Waals surface area contributed by atoms with Crippen molar-refractivity contribution in [1.82, 2.24) is 5.32 Å². The summed E-state index contributed by atoms with van der Waals surface area (Å²) in [5.74, 6) is -0.494. The van der Waals surface area contributed by atoms with Crippen LogP contribution < -0.4 is 5.32 Å². The molecule has 81 heavy (non-hydrogen) atoms. The minimum atomic E-state index is -4.45. The van der Waals surface area contributed by atoms with E-state index in [-0.39, 0.29) is 25.1 Å². The molecule has 2 N–H and O–H groups in total. The van der Waals surface area contributed by atoms with Gasteiger partial charge in [0.2, 0.25) is 5.91 Å². The highest BCUT2D eigenvalue weighted by Crippen LogP contribution is 2.43. The van der Waals surface area contributed by atoms with Gasteiger partial charge in [-0.2, -0.15) is 0 Å². The highest BCUT2D eigenvalue weighted by atomic mass is 31.2. The molecule has 3 unspecified atom stereocenters. The third kappa shape index (κ3) is 62.3. The van der Waals surface area contributed by atoms with Crippen LogP contribution in [-0.4, -0.2) is 74.3 Å². The molecule has 0 bridgehead atoms. The van der Waals surface area contributed by atoms with Gasteiger partial charge >= 0.3 is 13.8 Å². The summed E-state index contributed by atoms with van der Waals surface area (Å²) in [5.41, 5.74) is 0. The number of unbranched alkanes of at least 4 members (excludes halogenated alkanes) is 42. The van der Waals surface area contributed by atoms with E-state index in [2.05, 4.69) is 62.5 Å².